The van der Waals surface area contributed by atoms with Crippen LogP contribution in [0.15, 0.2) is 24.3 Å². The van der Waals surface area contributed by atoms with Gasteiger partial charge in [-0.25, -0.2) is 0 Å². The Morgan fingerprint density at radius 1 is 1.13 bits per heavy atom. The topological polar surface area (TPSA) is 18.5 Å². The van der Waals surface area contributed by atoms with Gasteiger partial charge < -0.3 is 8.85 Å². The molecule has 0 saturated carbocycles. The lowest BCUT2D eigenvalue weighted by atomic mass is 10.1. The maximum atomic E-state index is 5.47. The first-order chi connectivity index (χ1) is 7.11. The Bertz CT molecular complexity index is 308. The Morgan fingerprint density at radius 2 is 1.73 bits per heavy atom. The lowest BCUT2D eigenvalue weighted by molar-refractivity contribution is 0.249. The zero-order chi connectivity index (χ0) is 11.3. The number of hydrogen-bond acceptors (Lipinski definition) is 2. The molecule has 0 atom stereocenters. The third-order valence-electron chi connectivity index (χ3n) is 2.97. The molecule has 1 aromatic carbocycles. The van der Waals surface area contributed by atoms with E-state index < -0.39 is 8.56 Å². The summed E-state index contributed by atoms with van der Waals surface area (Å²) in [5.41, 5.74) is 2.74. The molecule has 3 heteroatoms. The molecule has 0 saturated heterocycles. The van der Waals surface area contributed by atoms with Crippen LogP contribution in [0.1, 0.15) is 11.1 Å². The van der Waals surface area contributed by atoms with Crippen LogP contribution in [0.2, 0.25) is 12.6 Å². The normalized spacial score (nSPS) is 11.7. The minimum Gasteiger partial charge on any atom is -0.398 e. The van der Waals surface area contributed by atoms with Crippen molar-refractivity contribution < 1.29 is 8.85 Å². The molecule has 0 bridgehead atoms. The third-order valence-corrected chi connectivity index (χ3v) is 5.86. The summed E-state index contributed by atoms with van der Waals surface area (Å²) in [5, 5.41) is 0. The quantitative estimate of drug-likeness (QED) is 0.716. The molecule has 0 aliphatic rings. The molecule has 0 heterocycles. The third kappa shape index (κ3) is 3.45. The molecule has 1 aromatic rings. The smallest absolute Gasteiger partial charge is 0.334 e. The summed E-state index contributed by atoms with van der Waals surface area (Å²) in [5.74, 6) is 0. The van der Waals surface area contributed by atoms with Crippen molar-refractivity contribution >= 4 is 8.56 Å². The Labute approximate surface area is 93.5 Å². The van der Waals surface area contributed by atoms with Crippen molar-refractivity contribution in [2.75, 3.05) is 14.2 Å². The largest absolute Gasteiger partial charge is 0.398 e. The van der Waals surface area contributed by atoms with Crippen molar-refractivity contribution in [3.63, 3.8) is 0 Å². The average molecular weight is 224 g/mol. The van der Waals surface area contributed by atoms with Gasteiger partial charge in [0.25, 0.3) is 0 Å². The zero-order valence-electron chi connectivity index (χ0n) is 10.0. The number of aryl methyl sites for hydroxylation is 2. The summed E-state index contributed by atoms with van der Waals surface area (Å²) < 4.78 is 10.9. The molecule has 0 fully saturated rings. The molecule has 0 unspecified atom stereocenters. The van der Waals surface area contributed by atoms with Gasteiger partial charge in [0.05, 0.1) is 0 Å². The second kappa shape index (κ2) is 5.44. The summed E-state index contributed by atoms with van der Waals surface area (Å²) in [6.45, 7) is 4.25. The monoisotopic (exact) mass is 224 g/mol. The molecule has 0 aromatic heterocycles. The van der Waals surface area contributed by atoms with E-state index in [2.05, 4.69) is 37.7 Å². The van der Waals surface area contributed by atoms with Gasteiger partial charge in [-0.2, -0.15) is 0 Å². The highest BCUT2D eigenvalue weighted by Gasteiger charge is 2.28. The first-order valence-corrected chi connectivity index (χ1v) is 7.78. The van der Waals surface area contributed by atoms with Crippen LogP contribution < -0.4 is 0 Å². The minimum atomic E-state index is -1.90. The number of hydrogen-bond donors (Lipinski definition) is 0. The highest BCUT2D eigenvalue weighted by atomic mass is 28.4. The van der Waals surface area contributed by atoms with E-state index >= 15 is 0 Å². The number of rotatable bonds is 5. The molecular formula is C12H20O2Si. The molecule has 84 valence electrons. The summed E-state index contributed by atoms with van der Waals surface area (Å²) in [4.78, 5) is 0. The predicted octanol–water partition coefficient (Wildman–Crippen LogP) is 2.90. The van der Waals surface area contributed by atoms with Crippen molar-refractivity contribution in [2.45, 2.75) is 25.9 Å². The molecule has 0 aliphatic heterocycles. The van der Waals surface area contributed by atoms with Crippen LogP contribution in [0, 0.1) is 6.92 Å². The van der Waals surface area contributed by atoms with E-state index in [1.165, 1.54) is 11.1 Å². The van der Waals surface area contributed by atoms with Crippen molar-refractivity contribution in [1.29, 1.82) is 0 Å². The highest BCUT2D eigenvalue weighted by Crippen LogP contribution is 2.17. The van der Waals surface area contributed by atoms with Crippen LogP contribution in [-0.2, 0) is 15.3 Å². The molecular weight excluding hydrogens is 204 g/mol. The Balaban J connectivity index is 2.61. The van der Waals surface area contributed by atoms with Crippen LogP contribution >= 0.6 is 0 Å². The van der Waals surface area contributed by atoms with Crippen LogP contribution in [-0.4, -0.2) is 22.8 Å². The molecule has 0 N–H and O–H groups in total. The van der Waals surface area contributed by atoms with Crippen LogP contribution in [0.4, 0.5) is 0 Å². The summed E-state index contributed by atoms with van der Waals surface area (Å²) in [6, 6.07) is 9.48. The second-order valence-electron chi connectivity index (χ2n) is 3.97. The van der Waals surface area contributed by atoms with Gasteiger partial charge in [0, 0.05) is 14.2 Å². The summed E-state index contributed by atoms with van der Waals surface area (Å²) in [7, 11) is 1.58. The molecule has 0 radical (unpaired) electrons. The van der Waals surface area contributed by atoms with Crippen LogP contribution in [0.5, 0.6) is 0 Å². The first-order valence-electron chi connectivity index (χ1n) is 5.26. The van der Waals surface area contributed by atoms with Crippen molar-refractivity contribution in [3.8, 4) is 0 Å². The van der Waals surface area contributed by atoms with E-state index in [-0.39, 0.29) is 0 Å². The average Bonchev–Trinajstić information content (AvgIpc) is 2.28. The van der Waals surface area contributed by atoms with E-state index in [0.29, 0.717) is 0 Å². The van der Waals surface area contributed by atoms with E-state index in [4.69, 9.17) is 8.85 Å². The molecule has 2 nitrogen and oxygen atoms in total. The fraction of sp³-hybridized carbons (Fsp3) is 0.500. The Hall–Kier alpha value is -0.643. The van der Waals surface area contributed by atoms with Gasteiger partial charge in [-0.15, -0.1) is 0 Å². The van der Waals surface area contributed by atoms with Gasteiger partial charge in [0.2, 0.25) is 0 Å². The van der Waals surface area contributed by atoms with Gasteiger partial charge >= 0.3 is 8.56 Å². The zero-order valence-corrected chi connectivity index (χ0v) is 11.0. The molecule has 0 amide bonds. The van der Waals surface area contributed by atoms with E-state index in [9.17, 15) is 0 Å². The maximum Gasteiger partial charge on any atom is 0.334 e. The minimum absolute atomic E-state index is 1.00. The molecule has 15 heavy (non-hydrogen) atoms. The fourth-order valence-electron chi connectivity index (χ4n) is 1.54. The van der Waals surface area contributed by atoms with Crippen molar-refractivity contribution in [1.82, 2.24) is 0 Å². The van der Waals surface area contributed by atoms with Crippen LogP contribution in [0.25, 0.3) is 0 Å². The first kappa shape index (κ1) is 12.4. The van der Waals surface area contributed by atoms with Gasteiger partial charge in [-0.1, -0.05) is 24.3 Å². The van der Waals surface area contributed by atoms with Gasteiger partial charge in [0.15, 0.2) is 0 Å². The van der Waals surface area contributed by atoms with Crippen LogP contribution in [0.3, 0.4) is 0 Å². The maximum absolute atomic E-state index is 5.47. The fourth-order valence-corrected chi connectivity index (χ4v) is 2.84. The molecule has 0 aliphatic carbocycles. The SMILES string of the molecule is CO[Si](C)(CCc1ccccc1C)OC. The van der Waals surface area contributed by atoms with Gasteiger partial charge in [0.1, 0.15) is 0 Å². The van der Waals surface area contributed by atoms with Crippen molar-refractivity contribution in [2.24, 2.45) is 0 Å². The lowest BCUT2D eigenvalue weighted by Gasteiger charge is -2.22. The highest BCUT2D eigenvalue weighted by molar-refractivity contribution is 6.65. The number of benzene rings is 1. The Morgan fingerprint density at radius 3 is 2.27 bits per heavy atom. The van der Waals surface area contributed by atoms with E-state index in [1.807, 2.05) is 0 Å². The summed E-state index contributed by atoms with van der Waals surface area (Å²) >= 11 is 0. The van der Waals surface area contributed by atoms with E-state index in [1.54, 1.807) is 14.2 Å². The molecule has 0 spiro atoms. The lowest BCUT2D eigenvalue weighted by Crippen LogP contribution is -2.36. The van der Waals surface area contributed by atoms with Gasteiger partial charge in [-0.3, -0.25) is 0 Å². The van der Waals surface area contributed by atoms with Crippen molar-refractivity contribution in [3.05, 3.63) is 35.4 Å². The predicted molar refractivity (Wildman–Crippen MR) is 65.3 cm³/mol. The van der Waals surface area contributed by atoms with E-state index in [0.717, 1.165) is 12.5 Å². The second-order valence-corrected chi connectivity index (χ2v) is 7.55. The molecule has 1 rings (SSSR count). The summed E-state index contributed by atoms with van der Waals surface area (Å²) in [6.07, 6.45) is 1.04. The Kier molecular flexibility index (Phi) is 4.51. The standard InChI is InChI=1S/C12H20O2Si/c1-11-7-5-6-8-12(11)9-10-15(4,13-2)14-3/h5-8H,9-10H2,1-4H3. The van der Waals surface area contributed by atoms with Gasteiger partial charge in [-0.05, 0) is 37.1 Å².